The van der Waals surface area contributed by atoms with Gasteiger partial charge in [0.25, 0.3) is 0 Å². The number of benzene rings is 2. The molecule has 3 rings (SSSR count). The molecule has 0 N–H and O–H groups in total. The molecule has 1 aliphatic rings. The van der Waals surface area contributed by atoms with E-state index >= 15 is 0 Å². The van der Waals surface area contributed by atoms with Crippen molar-refractivity contribution in [1.82, 2.24) is 0 Å². The molecule has 9 nitrogen and oxygen atoms in total. The zero-order valence-electron chi connectivity index (χ0n) is 29.8. The molecule has 0 radical (unpaired) electrons. The normalized spacial score (nSPS) is 20.9. The Bertz CT molecular complexity index is 1480. The van der Waals surface area contributed by atoms with Gasteiger partial charge < -0.3 is 23.7 Å². The van der Waals surface area contributed by atoms with Crippen LogP contribution in [-0.2, 0) is 49.3 Å². The molecule has 0 aromatic heterocycles. The second-order valence-corrected chi connectivity index (χ2v) is 19.0. The summed E-state index contributed by atoms with van der Waals surface area (Å²) in [5.74, 6) is 0.952. The van der Waals surface area contributed by atoms with Crippen LogP contribution in [-0.4, -0.2) is 63.0 Å². The largest absolute Gasteiger partial charge is 0.463 e. The molecule has 0 aliphatic carbocycles. The summed E-state index contributed by atoms with van der Waals surface area (Å²) in [6, 6.07) is 15.9. The smallest absolute Gasteiger partial charge is 0.303 e. The van der Waals surface area contributed by atoms with Crippen LogP contribution in [0.25, 0.3) is 0 Å². The fraction of sp³-hybridized carbons (Fsp3) is 0.526. The van der Waals surface area contributed by atoms with Gasteiger partial charge in [0.05, 0.1) is 0 Å². The first-order chi connectivity index (χ1) is 22.5. The molecule has 5 atom stereocenters. The first kappa shape index (κ1) is 38.5. The standard InChI is InChI=1S/C38H50O9Si/c1-23(2)48(24(3)4,25(5)6)19-18-30-14-16-31(17-15-30)20-32-12-11-13-33(21-32)35-37(45-28(9)41)38(46-29(10)42)36(44-27(8)40)34(47-35)22-43-26(7)39/h11-17,21,23-25,34-38H,20,22H2,1-10H3/t34-,35+,36-,37+,38?/m1/s1. The first-order valence-electron chi connectivity index (χ1n) is 16.6. The van der Waals surface area contributed by atoms with Gasteiger partial charge in [0.1, 0.15) is 26.9 Å². The number of carbonyl (C=O) groups excluding carboxylic acids is 4. The Kier molecular flexibility index (Phi) is 13.6. The molecule has 0 saturated carbocycles. The predicted molar refractivity (Wildman–Crippen MR) is 185 cm³/mol. The average Bonchev–Trinajstić information content (AvgIpc) is 2.98. The maximum Gasteiger partial charge on any atom is 0.303 e. The minimum absolute atomic E-state index is 0.279. The van der Waals surface area contributed by atoms with Crippen LogP contribution in [0.2, 0.25) is 16.6 Å². The third kappa shape index (κ3) is 9.80. The Morgan fingerprint density at radius 2 is 1.25 bits per heavy atom. The molecule has 1 aliphatic heterocycles. The topological polar surface area (TPSA) is 114 Å². The van der Waals surface area contributed by atoms with Crippen LogP contribution in [0.1, 0.15) is 97.6 Å². The average molecular weight is 679 g/mol. The Balaban J connectivity index is 1.95. The third-order valence-electron chi connectivity index (χ3n) is 8.92. The highest BCUT2D eigenvalue weighted by Crippen LogP contribution is 2.41. The van der Waals surface area contributed by atoms with Gasteiger partial charge in [0.15, 0.2) is 18.3 Å². The summed E-state index contributed by atoms with van der Waals surface area (Å²) in [6.45, 7) is 18.4. The van der Waals surface area contributed by atoms with Crippen molar-refractivity contribution in [2.45, 2.75) is 123 Å². The van der Waals surface area contributed by atoms with Gasteiger partial charge in [-0.05, 0) is 51.9 Å². The van der Waals surface area contributed by atoms with Crippen molar-refractivity contribution in [3.63, 3.8) is 0 Å². The van der Waals surface area contributed by atoms with E-state index in [-0.39, 0.29) is 6.61 Å². The highest BCUT2D eigenvalue weighted by Gasteiger charge is 2.52. The van der Waals surface area contributed by atoms with Crippen molar-refractivity contribution in [3.8, 4) is 11.5 Å². The summed E-state index contributed by atoms with van der Waals surface area (Å²) >= 11 is 0. The Labute approximate surface area is 286 Å². The summed E-state index contributed by atoms with van der Waals surface area (Å²) in [7, 11) is -1.85. The number of hydrogen-bond acceptors (Lipinski definition) is 9. The van der Waals surface area contributed by atoms with E-state index in [0.717, 1.165) is 16.7 Å². The quantitative estimate of drug-likeness (QED) is 0.112. The van der Waals surface area contributed by atoms with Crippen molar-refractivity contribution >= 4 is 32.0 Å². The lowest BCUT2D eigenvalue weighted by Gasteiger charge is -2.44. The molecule has 1 saturated heterocycles. The molecule has 260 valence electrons. The minimum Gasteiger partial charge on any atom is -0.463 e. The molecule has 2 aromatic carbocycles. The van der Waals surface area contributed by atoms with Crippen molar-refractivity contribution in [1.29, 1.82) is 0 Å². The van der Waals surface area contributed by atoms with Gasteiger partial charge in [0.2, 0.25) is 0 Å². The molecule has 0 amide bonds. The lowest BCUT2D eigenvalue weighted by molar-refractivity contribution is -0.254. The summed E-state index contributed by atoms with van der Waals surface area (Å²) in [4.78, 5) is 48.3. The zero-order chi connectivity index (χ0) is 35.8. The molecule has 0 spiro atoms. The van der Waals surface area contributed by atoms with Gasteiger partial charge in [-0.1, -0.05) is 83.9 Å². The summed E-state index contributed by atoms with van der Waals surface area (Å²) < 4.78 is 28.3. The lowest BCUT2D eigenvalue weighted by atomic mass is 9.89. The van der Waals surface area contributed by atoms with E-state index in [9.17, 15) is 19.2 Å². The molecule has 0 bridgehead atoms. The molecular formula is C38H50O9Si. The van der Waals surface area contributed by atoms with E-state index in [1.807, 2.05) is 24.3 Å². The van der Waals surface area contributed by atoms with Crippen molar-refractivity contribution < 1.29 is 42.9 Å². The van der Waals surface area contributed by atoms with Gasteiger partial charge >= 0.3 is 23.9 Å². The Morgan fingerprint density at radius 3 is 1.77 bits per heavy atom. The summed E-state index contributed by atoms with van der Waals surface area (Å²) in [6.07, 6.45) is -4.93. The van der Waals surface area contributed by atoms with Crippen LogP contribution in [0.4, 0.5) is 0 Å². The van der Waals surface area contributed by atoms with E-state index in [2.05, 4.69) is 77.3 Å². The monoisotopic (exact) mass is 678 g/mol. The van der Waals surface area contributed by atoms with E-state index in [1.54, 1.807) is 0 Å². The Morgan fingerprint density at radius 1 is 0.708 bits per heavy atom. The maximum atomic E-state index is 12.3. The third-order valence-corrected chi connectivity index (χ3v) is 15.2. The highest BCUT2D eigenvalue weighted by atomic mass is 28.3. The van der Waals surface area contributed by atoms with Crippen LogP contribution in [0.3, 0.4) is 0 Å². The SMILES string of the molecule is CC(=O)OC[C@H]1O[C@@H](c2cccc(Cc3ccc(C#C[Si](C(C)C)(C(C)C)C(C)C)cc3)c2)[C@H](OC(C)=O)C(OC(C)=O)[C@@H]1OC(C)=O. The summed E-state index contributed by atoms with van der Waals surface area (Å²) in [5, 5.41) is 0. The molecule has 2 aromatic rings. The molecular weight excluding hydrogens is 628 g/mol. The molecule has 10 heteroatoms. The maximum absolute atomic E-state index is 12.3. The van der Waals surface area contributed by atoms with Crippen molar-refractivity contribution in [2.24, 2.45) is 0 Å². The fourth-order valence-corrected chi connectivity index (χ4v) is 12.2. The predicted octanol–water partition coefficient (Wildman–Crippen LogP) is 6.65. The molecule has 1 heterocycles. The van der Waals surface area contributed by atoms with E-state index in [1.165, 1.54) is 27.7 Å². The van der Waals surface area contributed by atoms with E-state index in [4.69, 9.17) is 23.7 Å². The lowest BCUT2D eigenvalue weighted by Crippen LogP contribution is -2.59. The number of esters is 4. The van der Waals surface area contributed by atoms with Crippen LogP contribution in [0.15, 0.2) is 48.5 Å². The molecule has 1 unspecified atom stereocenters. The summed E-state index contributed by atoms with van der Waals surface area (Å²) in [5.41, 5.74) is 9.12. The number of carbonyl (C=O) groups is 4. The van der Waals surface area contributed by atoms with Gasteiger partial charge in [-0.15, -0.1) is 5.54 Å². The van der Waals surface area contributed by atoms with Gasteiger partial charge in [-0.25, -0.2) is 0 Å². The number of rotatable bonds is 11. The first-order valence-corrected chi connectivity index (χ1v) is 18.8. The number of ether oxygens (including phenoxy) is 5. The van der Waals surface area contributed by atoms with Crippen LogP contribution >= 0.6 is 0 Å². The van der Waals surface area contributed by atoms with Gasteiger partial charge in [-0.2, -0.15) is 0 Å². The van der Waals surface area contributed by atoms with Gasteiger partial charge in [-0.3, -0.25) is 19.2 Å². The molecule has 1 fully saturated rings. The van der Waals surface area contributed by atoms with Crippen molar-refractivity contribution in [2.75, 3.05) is 6.61 Å². The van der Waals surface area contributed by atoms with Crippen molar-refractivity contribution in [3.05, 3.63) is 70.8 Å². The van der Waals surface area contributed by atoms with Crippen LogP contribution in [0.5, 0.6) is 0 Å². The number of hydrogen-bond donors (Lipinski definition) is 0. The highest BCUT2D eigenvalue weighted by molar-refractivity contribution is 6.90. The Hall–Kier alpha value is -3.94. The van der Waals surface area contributed by atoms with E-state index in [0.29, 0.717) is 28.6 Å². The fourth-order valence-electron chi connectivity index (χ4n) is 6.93. The van der Waals surface area contributed by atoms with Crippen LogP contribution in [0, 0.1) is 11.5 Å². The zero-order valence-corrected chi connectivity index (χ0v) is 30.8. The second-order valence-electron chi connectivity index (χ2n) is 13.4. The second kappa shape index (κ2) is 16.9. The molecule has 48 heavy (non-hydrogen) atoms. The van der Waals surface area contributed by atoms with Gasteiger partial charge in [0, 0.05) is 33.3 Å². The van der Waals surface area contributed by atoms with E-state index < -0.39 is 62.5 Å². The van der Waals surface area contributed by atoms with Crippen LogP contribution < -0.4 is 0 Å². The minimum atomic E-state index is -1.85.